The normalized spacial score (nSPS) is 37.5. The SMILES string of the molecule is NC1CCCC12OCCO2. The summed E-state index contributed by atoms with van der Waals surface area (Å²) in [6.07, 6.45) is 3.16. The van der Waals surface area contributed by atoms with Crippen molar-refractivity contribution in [3.8, 4) is 0 Å². The van der Waals surface area contributed by atoms with Gasteiger partial charge >= 0.3 is 0 Å². The molecule has 10 heavy (non-hydrogen) atoms. The van der Waals surface area contributed by atoms with Crippen LogP contribution in [0.5, 0.6) is 0 Å². The Labute approximate surface area is 60.5 Å². The Hall–Kier alpha value is -0.120. The lowest BCUT2D eigenvalue weighted by Gasteiger charge is -2.25. The summed E-state index contributed by atoms with van der Waals surface area (Å²) in [5.41, 5.74) is 5.82. The molecule has 0 amide bonds. The van der Waals surface area contributed by atoms with Gasteiger partial charge in [0.1, 0.15) is 0 Å². The third kappa shape index (κ3) is 0.779. The molecule has 1 aliphatic carbocycles. The van der Waals surface area contributed by atoms with Gasteiger partial charge in [-0.05, 0) is 12.8 Å². The van der Waals surface area contributed by atoms with E-state index in [-0.39, 0.29) is 11.8 Å². The standard InChI is InChI=1S/C7H13NO2/c8-6-2-1-3-7(6)9-4-5-10-7/h6H,1-5,8H2. The van der Waals surface area contributed by atoms with Crippen molar-refractivity contribution in [3.05, 3.63) is 0 Å². The monoisotopic (exact) mass is 143 g/mol. The first-order chi connectivity index (χ1) is 4.83. The largest absolute Gasteiger partial charge is 0.346 e. The molecule has 1 unspecified atom stereocenters. The van der Waals surface area contributed by atoms with Crippen LogP contribution < -0.4 is 5.73 Å². The predicted molar refractivity (Wildman–Crippen MR) is 36.5 cm³/mol. The van der Waals surface area contributed by atoms with Crippen molar-refractivity contribution in [2.24, 2.45) is 5.73 Å². The van der Waals surface area contributed by atoms with Gasteiger partial charge in [0.2, 0.25) is 0 Å². The Bertz CT molecular complexity index is 126. The predicted octanol–water partition coefficient (Wildman–Crippen LogP) is 0.241. The summed E-state index contributed by atoms with van der Waals surface area (Å²) in [5, 5.41) is 0. The van der Waals surface area contributed by atoms with Crippen LogP contribution in [0.25, 0.3) is 0 Å². The van der Waals surface area contributed by atoms with Gasteiger partial charge in [0, 0.05) is 6.42 Å². The average molecular weight is 143 g/mol. The number of hydrogen-bond donors (Lipinski definition) is 1. The Morgan fingerprint density at radius 2 is 2.00 bits per heavy atom. The fraction of sp³-hybridized carbons (Fsp3) is 1.00. The van der Waals surface area contributed by atoms with Crippen molar-refractivity contribution in [2.75, 3.05) is 13.2 Å². The van der Waals surface area contributed by atoms with E-state index in [4.69, 9.17) is 15.2 Å². The molecule has 58 valence electrons. The molecular formula is C7H13NO2. The minimum absolute atomic E-state index is 0.106. The molecule has 1 saturated carbocycles. The van der Waals surface area contributed by atoms with Crippen molar-refractivity contribution in [3.63, 3.8) is 0 Å². The fourth-order valence-electron chi connectivity index (χ4n) is 1.80. The summed E-state index contributed by atoms with van der Waals surface area (Å²) in [5.74, 6) is -0.375. The molecule has 2 aliphatic rings. The van der Waals surface area contributed by atoms with Crippen LogP contribution in [0, 0.1) is 0 Å². The number of ether oxygens (including phenoxy) is 2. The van der Waals surface area contributed by atoms with Crippen LogP contribution >= 0.6 is 0 Å². The van der Waals surface area contributed by atoms with Crippen LogP contribution in [0.3, 0.4) is 0 Å². The number of hydrogen-bond acceptors (Lipinski definition) is 3. The summed E-state index contributed by atoms with van der Waals surface area (Å²) in [6, 6.07) is 0.106. The molecule has 0 radical (unpaired) electrons. The minimum Gasteiger partial charge on any atom is -0.346 e. The Morgan fingerprint density at radius 3 is 2.50 bits per heavy atom. The number of nitrogens with two attached hydrogens (primary N) is 1. The van der Waals surface area contributed by atoms with Gasteiger partial charge in [-0.3, -0.25) is 0 Å². The molecule has 3 heteroatoms. The molecule has 2 rings (SSSR count). The third-order valence-corrected chi connectivity index (χ3v) is 2.38. The Morgan fingerprint density at radius 1 is 1.30 bits per heavy atom. The second-order valence-corrected chi connectivity index (χ2v) is 3.01. The topological polar surface area (TPSA) is 44.5 Å². The summed E-state index contributed by atoms with van der Waals surface area (Å²) in [7, 11) is 0. The molecule has 0 aromatic rings. The molecule has 2 N–H and O–H groups in total. The zero-order valence-corrected chi connectivity index (χ0v) is 6.01. The summed E-state index contributed by atoms with van der Waals surface area (Å²) >= 11 is 0. The lowest BCUT2D eigenvalue weighted by molar-refractivity contribution is -0.159. The first-order valence-electron chi connectivity index (χ1n) is 3.87. The van der Waals surface area contributed by atoms with Crippen LogP contribution in [-0.2, 0) is 9.47 Å². The lowest BCUT2D eigenvalue weighted by atomic mass is 10.2. The van der Waals surface area contributed by atoms with Gasteiger partial charge in [-0.2, -0.15) is 0 Å². The smallest absolute Gasteiger partial charge is 0.183 e. The lowest BCUT2D eigenvalue weighted by Crippen LogP contribution is -2.44. The summed E-state index contributed by atoms with van der Waals surface area (Å²) in [6.45, 7) is 1.43. The van der Waals surface area contributed by atoms with Crippen molar-refractivity contribution in [1.82, 2.24) is 0 Å². The van der Waals surface area contributed by atoms with E-state index < -0.39 is 0 Å². The molecule has 0 aromatic carbocycles. The van der Waals surface area contributed by atoms with E-state index in [1.165, 1.54) is 0 Å². The van der Waals surface area contributed by atoms with Gasteiger partial charge < -0.3 is 15.2 Å². The Kier molecular flexibility index (Phi) is 1.44. The van der Waals surface area contributed by atoms with E-state index in [9.17, 15) is 0 Å². The van der Waals surface area contributed by atoms with Crippen LogP contribution in [0.15, 0.2) is 0 Å². The maximum atomic E-state index is 5.82. The van der Waals surface area contributed by atoms with Crippen molar-refractivity contribution in [2.45, 2.75) is 31.1 Å². The molecule has 1 heterocycles. The molecular weight excluding hydrogens is 130 g/mol. The van der Waals surface area contributed by atoms with E-state index in [0.29, 0.717) is 13.2 Å². The summed E-state index contributed by atoms with van der Waals surface area (Å²) < 4.78 is 10.9. The van der Waals surface area contributed by atoms with E-state index in [1.54, 1.807) is 0 Å². The van der Waals surface area contributed by atoms with Crippen LogP contribution in [0.2, 0.25) is 0 Å². The van der Waals surface area contributed by atoms with Gasteiger partial charge in [-0.15, -0.1) is 0 Å². The summed E-state index contributed by atoms with van der Waals surface area (Å²) in [4.78, 5) is 0. The quantitative estimate of drug-likeness (QED) is 0.528. The van der Waals surface area contributed by atoms with Gasteiger partial charge in [-0.1, -0.05) is 0 Å². The van der Waals surface area contributed by atoms with Gasteiger partial charge in [0.15, 0.2) is 5.79 Å². The first-order valence-corrected chi connectivity index (χ1v) is 3.87. The van der Waals surface area contributed by atoms with Gasteiger partial charge in [0.05, 0.1) is 19.3 Å². The van der Waals surface area contributed by atoms with Crippen molar-refractivity contribution < 1.29 is 9.47 Å². The molecule has 2 fully saturated rings. The zero-order chi connectivity index (χ0) is 7.03. The highest BCUT2D eigenvalue weighted by atomic mass is 16.7. The highest BCUT2D eigenvalue weighted by Crippen LogP contribution is 2.35. The molecule has 1 atom stereocenters. The third-order valence-electron chi connectivity index (χ3n) is 2.38. The highest BCUT2D eigenvalue weighted by molar-refractivity contribution is 4.91. The minimum atomic E-state index is -0.375. The first kappa shape index (κ1) is 6.58. The van der Waals surface area contributed by atoms with Crippen LogP contribution in [0.4, 0.5) is 0 Å². The van der Waals surface area contributed by atoms with Crippen molar-refractivity contribution in [1.29, 1.82) is 0 Å². The van der Waals surface area contributed by atoms with Crippen LogP contribution in [-0.4, -0.2) is 25.0 Å². The van der Waals surface area contributed by atoms with E-state index in [2.05, 4.69) is 0 Å². The van der Waals surface area contributed by atoms with E-state index in [0.717, 1.165) is 19.3 Å². The second-order valence-electron chi connectivity index (χ2n) is 3.01. The van der Waals surface area contributed by atoms with Gasteiger partial charge in [-0.25, -0.2) is 0 Å². The number of rotatable bonds is 0. The molecule has 0 aromatic heterocycles. The van der Waals surface area contributed by atoms with Crippen LogP contribution in [0.1, 0.15) is 19.3 Å². The molecule has 0 bridgehead atoms. The molecule has 1 aliphatic heterocycles. The molecule has 1 saturated heterocycles. The zero-order valence-electron chi connectivity index (χ0n) is 6.01. The highest BCUT2D eigenvalue weighted by Gasteiger charge is 2.45. The molecule has 3 nitrogen and oxygen atoms in total. The molecule has 1 spiro atoms. The second kappa shape index (κ2) is 2.19. The maximum absolute atomic E-state index is 5.82. The average Bonchev–Trinajstić information content (AvgIpc) is 2.48. The maximum Gasteiger partial charge on any atom is 0.183 e. The Balaban J connectivity index is 2.11. The van der Waals surface area contributed by atoms with Gasteiger partial charge in [0.25, 0.3) is 0 Å². The van der Waals surface area contributed by atoms with E-state index in [1.807, 2.05) is 0 Å². The van der Waals surface area contributed by atoms with Crippen molar-refractivity contribution >= 4 is 0 Å². The fourth-order valence-corrected chi connectivity index (χ4v) is 1.80. The van der Waals surface area contributed by atoms with E-state index >= 15 is 0 Å².